The van der Waals surface area contributed by atoms with E-state index in [0.717, 1.165) is 43.9 Å². The van der Waals surface area contributed by atoms with Gasteiger partial charge in [0.1, 0.15) is 6.61 Å². The molecule has 0 saturated carbocycles. The normalized spacial score (nSPS) is 14.0. The highest BCUT2D eigenvalue weighted by molar-refractivity contribution is 7.47. The van der Waals surface area contributed by atoms with Crippen LogP contribution in [-0.2, 0) is 27.9 Å². The summed E-state index contributed by atoms with van der Waals surface area (Å²) in [5.74, 6) is 1.26. The van der Waals surface area contributed by atoms with Crippen LogP contribution in [0.4, 0.5) is 0 Å². The van der Waals surface area contributed by atoms with Crippen LogP contribution in [0.2, 0.25) is 0 Å². The van der Waals surface area contributed by atoms with E-state index in [4.69, 9.17) is 24.3 Å². The van der Waals surface area contributed by atoms with Crippen LogP contribution in [0.5, 0.6) is 0 Å². The zero-order valence-electron chi connectivity index (χ0n) is 29.0. The minimum absolute atomic E-state index is 0.0348. The Kier molecular flexibility index (Phi) is 30.1. The summed E-state index contributed by atoms with van der Waals surface area (Å²) in [6.07, 6.45) is 27.5. The van der Waals surface area contributed by atoms with Crippen LogP contribution < -0.4 is 5.73 Å². The predicted molar refractivity (Wildman–Crippen MR) is 182 cm³/mol. The molecule has 0 aliphatic carbocycles. The molecule has 2 unspecified atom stereocenters. The highest BCUT2D eigenvalue weighted by atomic mass is 31.2. The standard InChI is InChI=1S/C35H70NO7P/c1-32(2)24-20-16-12-8-5-6-11-15-19-23-28-40-30-34(31-42-44(38,39)41-29-27-36)43-35(37)26-22-18-14-10-7-9-13-17-21-25-33(3)4/h23,28,32-34H,5-22,24-27,29-31,36H2,1-4H3,(H,38,39). The van der Waals surface area contributed by atoms with Crippen molar-refractivity contribution in [3.8, 4) is 0 Å². The average molecular weight is 648 g/mol. The first-order valence-electron chi connectivity index (χ1n) is 17.9. The molecule has 0 radical (unpaired) electrons. The van der Waals surface area contributed by atoms with Crippen LogP contribution >= 0.6 is 7.82 Å². The number of carbonyl (C=O) groups is 1. The van der Waals surface area contributed by atoms with E-state index in [1.165, 1.54) is 96.3 Å². The van der Waals surface area contributed by atoms with Crippen molar-refractivity contribution in [3.05, 3.63) is 12.3 Å². The molecule has 3 N–H and O–H groups in total. The fourth-order valence-corrected chi connectivity index (χ4v) is 5.74. The molecular formula is C35H70NO7P. The number of nitrogens with two attached hydrogens (primary N) is 1. The van der Waals surface area contributed by atoms with E-state index in [1.54, 1.807) is 6.26 Å². The largest absolute Gasteiger partial charge is 0.498 e. The van der Waals surface area contributed by atoms with Gasteiger partial charge in [-0.05, 0) is 37.2 Å². The molecule has 262 valence electrons. The highest BCUT2D eigenvalue weighted by Crippen LogP contribution is 2.43. The predicted octanol–water partition coefficient (Wildman–Crippen LogP) is 10.0. The molecular weight excluding hydrogens is 577 g/mol. The average Bonchev–Trinajstić information content (AvgIpc) is 2.97. The van der Waals surface area contributed by atoms with Crippen molar-refractivity contribution in [1.82, 2.24) is 0 Å². The molecule has 0 fully saturated rings. The van der Waals surface area contributed by atoms with Crippen LogP contribution in [-0.4, -0.2) is 43.3 Å². The summed E-state index contributed by atoms with van der Waals surface area (Å²) in [5, 5.41) is 0. The monoisotopic (exact) mass is 647 g/mol. The van der Waals surface area contributed by atoms with E-state index in [0.29, 0.717) is 6.42 Å². The Morgan fingerprint density at radius 1 is 0.705 bits per heavy atom. The smallest absolute Gasteiger partial charge is 0.472 e. The van der Waals surface area contributed by atoms with E-state index < -0.39 is 13.9 Å². The van der Waals surface area contributed by atoms with Crippen LogP contribution in [0.3, 0.4) is 0 Å². The van der Waals surface area contributed by atoms with Crippen molar-refractivity contribution in [2.24, 2.45) is 17.6 Å². The Morgan fingerprint density at radius 2 is 1.18 bits per heavy atom. The summed E-state index contributed by atoms with van der Waals surface area (Å²) in [6.45, 7) is 8.87. The summed E-state index contributed by atoms with van der Waals surface area (Å²) in [5.41, 5.74) is 5.34. The maximum absolute atomic E-state index is 12.5. The molecule has 0 bridgehead atoms. The molecule has 0 saturated heterocycles. The van der Waals surface area contributed by atoms with Gasteiger partial charge in [0.2, 0.25) is 0 Å². The SMILES string of the molecule is CC(C)CCCCCCCCCCC=COCC(COP(=O)(O)OCCN)OC(=O)CCCCCCCCCCCC(C)C. The lowest BCUT2D eigenvalue weighted by atomic mass is 10.0. The molecule has 0 spiro atoms. The first kappa shape index (κ1) is 43.1. The summed E-state index contributed by atoms with van der Waals surface area (Å²) < 4.78 is 33.0. The van der Waals surface area contributed by atoms with Crippen LogP contribution in [0.1, 0.15) is 163 Å². The molecule has 0 rings (SSSR count). The maximum atomic E-state index is 12.5. The second-order valence-corrected chi connectivity index (χ2v) is 14.6. The summed E-state index contributed by atoms with van der Waals surface area (Å²) in [7, 11) is -4.28. The van der Waals surface area contributed by atoms with Gasteiger partial charge < -0.3 is 20.1 Å². The van der Waals surface area contributed by atoms with E-state index in [2.05, 4.69) is 27.7 Å². The molecule has 0 aromatic carbocycles. The van der Waals surface area contributed by atoms with E-state index in [-0.39, 0.29) is 32.3 Å². The second-order valence-electron chi connectivity index (χ2n) is 13.1. The fraction of sp³-hybridized carbons (Fsp3) is 0.914. The van der Waals surface area contributed by atoms with Crippen LogP contribution in [0.25, 0.3) is 0 Å². The molecule has 0 aromatic rings. The van der Waals surface area contributed by atoms with Gasteiger partial charge in [-0.1, -0.05) is 137 Å². The summed E-state index contributed by atoms with van der Waals surface area (Å²) in [6, 6.07) is 0. The maximum Gasteiger partial charge on any atom is 0.472 e. The zero-order chi connectivity index (χ0) is 32.7. The number of hydrogen-bond acceptors (Lipinski definition) is 7. The molecule has 0 aliphatic rings. The molecule has 0 aromatic heterocycles. The van der Waals surface area contributed by atoms with Gasteiger partial charge in [-0.2, -0.15) is 0 Å². The lowest BCUT2D eigenvalue weighted by molar-refractivity contribution is -0.153. The van der Waals surface area contributed by atoms with Gasteiger partial charge in [0.25, 0.3) is 0 Å². The first-order valence-corrected chi connectivity index (χ1v) is 19.4. The third kappa shape index (κ3) is 32.5. The van der Waals surface area contributed by atoms with Crippen LogP contribution in [0, 0.1) is 11.8 Å². The molecule has 0 aliphatic heterocycles. The number of phosphoric acid groups is 1. The second kappa shape index (κ2) is 30.7. The summed E-state index contributed by atoms with van der Waals surface area (Å²) >= 11 is 0. The Labute approximate surface area is 271 Å². The Balaban J connectivity index is 4.18. The van der Waals surface area contributed by atoms with Gasteiger partial charge in [-0.25, -0.2) is 4.57 Å². The third-order valence-electron chi connectivity index (χ3n) is 7.63. The van der Waals surface area contributed by atoms with E-state index in [1.807, 2.05) is 6.08 Å². The van der Waals surface area contributed by atoms with Gasteiger partial charge in [-0.3, -0.25) is 13.8 Å². The van der Waals surface area contributed by atoms with Crippen molar-refractivity contribution in [3.63, 3.8) is 0 Å². The number of esters is 1. The van der Waals surface area contributed by atoms with E-state index >= 15 is 0 Å². The van der Waals surface area contributed by atoms with Gasteiger partial charge in [0.15, 0.2) is 6.10 Å². The number of ether oxygens (including phenoxy) is 2. The number of rotatable bonds is 33. The van der Waals surface area contributed by atoms with Gasteiger partial charge in [-0.15, -0.1) is 0 Å². The zero-order valence-corrected chi connectivity index (χ0v) is 29.9. The van der Waals surface area contributed by atoms with Gasteiger partial charge in [0, 0.05) is 13.0 Å². The molecule has 44 heavy (non-hydrogen) atoms. The Hall–Kier alpha value is -0.920. The van der Waals surface area contributed by atoms with Gasteiger partial charge in [0.05, 0.1) is 19.5 Å². The highest BCUT2D eigenvalue weighted by Gasteiger charge is 2.25. The Morgan fingerprint density at radius 3 is 1.68 bits per heavy atom. The molecule has 0 amide bonds. The quantitative estimate of drug-likeness (QED) is 0.0313. The van der Waals surface area contributed by atoms with Gasteiger partial charge >= 0.3 is 13.8 Å². The van der Waals surface area contributed by atoms with Crippen LogP contribution in [0.15, 0.2) is 12.3 Å². The minimum atomic E-state index is -4.28. The van der Waals surface area contributed by atoms with Crippen molar-refractivity contribution < 1.29 is 32.8 Å². The molecule has 2 atom stereocenters. The molecule has 8 nitrogen and oxygen atoms in total. The number of phosphoric ester groups is 1. The third-order valence-corrected chi connectivity index (χ3v) is 8.62. The van der Waals surface area contributed by atoms with Crippen molar-refractivity contribution >= 4 is 13.8 Å². The molecule has 9 heteroatoms. The summed E-state index contributed by atoms with van der Waals surface area (Å²) in [4.78, 5) is 22.3. The topological polar surface area (TPSA) is 117 Å². The van der Waals surface area contributed by atoms with E-state index in [9.17, 15) is 14.3 Å². The minimum Gasteiger partial charge on any atom is -0.498 e. The van der Waals surface area contributed by atoms with Crippen molar-refractivity contribution in [2.45, 2.75) is 169 Å². The molecule has 0 heterocycles. The number of hydrogen-bond donors (Lipinski definition) is 2. The van der Waals surface area contributed by atoms with Crippen molar-refractivity contribution in [1.29, 1.82) is 0 Å². The lowest BCUT2D eigenvalue weighted by Crippen LogP contribution is -2.27. The van der Waals surface area contributed by atoms with Crippen molar-refractivity contribution in [2.75, 3.05) is 26.4 Å². The number of allylic oxidation sites excluding steroid dienone is 1. The fourth-order valence-electron chi connectivity index (χ4n) is 4.98. The first-order chi connectivity index (χ1) is 21.2. The lowest BCUT2D eigenvalue weighted by Gasteiger charge is -2.19. The number of unbranched alkanes of at least 4 members (excludes halogenated alkanes) is 16. The number of carbonyl (C=O) groups excluding carboxylic acids is 1. The Bertz CT molecular complexity index is 717.